The van der Waals surface area contributed by atoms with Crippen LogP contribution in [0.2, 0.25) is 0 Å². The lowest BCUT2D eigenvalue weighted by Crippen LogP contribution is -2.36. The van der Waals surface area contributed by atoms with Crippen molar-refractivity contribution in [2.45, 2.75) is 33.5 Å². The zero-order valence-corrected chi connectivity index (χ0v) is 15.5. The van der Waals surface area contributed by atoms with E-state index >= 15 is 0 Å². The number of ether oxygens (including phenoxy) is 1. The first-order valence-electron chi connectivity index (χ1n) is 8.62. The average molecular weight is 359 g/mol. The second kappa shape index (κ2) is 9.77. The monoisotopic (exact) mass is 359 g/mol. The number of hydrogen-bond acceptors (Lipinski definition) is 3. The number of aryl methyl sites for hydroxylation is 1. The smallest absolute Gasteiger partial charge is 0.191 e. The molecular formula is C20H26FN3O2. The first kappa shape index (κ1) is 19.7. The summed E-state index contributed by atoms with van der Waals surface area (Å²) in [5.74, 6) is 1.09. The van der Waals surface area contributed by atoms with Gasteiger partial charge < -0.3 is 20.5 Å². The van der Waals surface area contributed by atoms with E-state index in [2.05, 4.69) is 15.6 Å². The molecule has 0 saturated carbocycles. The van der Waals surface area contributed by atoms with E-state index in [1.54, 1.807) is 19.2 Å². The van der Waals surface area contributed by atoms with Crippen molar-refractivity contribution in [3.05, 3.63) is 64.5 Å². The Bertz CT molecular complexity index is 763. The Morgan fingerprint density at radius 3 is 2.58 bits per heavy atom. The highest BCUT2D eigenvalue weighted by molar-refractivity contribution is 5.79. The Morgan fingerprint density at radius 2 is 1.88 bits per heavy atom. The van der Waals surface area contributed by atoms with Crippen molar-refractivity contribution in [1.29, 1.82) is 0 Å². The summed E-state index contributed by atoms with van der Waals surface area (Å²) in [5, 5.41) is 15.6. The van der Waals surface area contributed by atoms with Gasteiger partial charge in [-0.2, -0.15) is 0 Å². The summed E-state index contributed by atoms with van der Waals surface area (Å²) in [5.41, 5.74) is 3.34. The largest absolute Gasteiger partial charge is 0.494 e. The average Bonchev–Trinajstić information content (AvgIpc) is 2.64. The van der Waals surface area contributed by atoms with Gasteiger partial charge in [0, 0.05) is 31.3 Å². The summed E-state index contributed by atoms with van der Waals surface area (Å²) in [7, 11) is 1.69. The molecule has 2 aromatic rings. The van der Waals surface area contributed by atoms with Crippen molar-refractivity contribution < 1.29 is 14.2 Å². The maximum absolute atomic E-state index is 13.4. The van der Waals surface area contributed by atoms with Gasteiger partial charge in [0.15, 0.2) is 5.96 Å². The van der Waals surface area contributed by atoms with Gasteiger partial charge in [-0.3, -0.25) is 4.99 Å². The fourth-order valence-electron chi connectivity index (χ4n) is 2.54. The van der Waals surface area contributed by atoms with E-state index in [1.807, 2.05) is 32.0 Å². The van der Waals surface area contributed by atoms with Gasteiger partial charge in [0.05, 0.1) is 13.2 Å². The highest BCUT2D eigenvalue weighted by atomic mass is 19.1. The Morgan fingerprint density at radius 1 is 1.12 bits per heavy atom. The Labute approximate surface area is 153 Å². The number of hydrogen-bond donors (Lipinski definition) is 3. The molecular weight excluding hydrogens is 333 g/mol. The molecule has 26 heavy (non-hydrogen) atoms. The van der Waals surface area contributed by atoms with Crippen LogP contribution in [0.25, 0.3) is 0 Å². The first-order chi connectivity index (χ1) is 12.6. The number of rotatable bonds is 7. The predicted molar refractivity (Wildman–Crippen MR) is 102 cm³/mol. The molecule has 0 aromatic heterocycles. The van der Waals surface area contributed by atoms with E-state index in [1.165, 1.54) is 6.07 Å². The predicted octanol–water partition coefficient (Wildman–Crippen LogP) is 2.89. The molecule has 0 heterocycles. The van der Waals surface area contributed by atoms with Crippen molar-refractivity contribution >= 4 is 5.96 Å². The van der Waals surface area contributed by atoms with Crippen molar-refractivity contribution in [3.63, 3.8) is 0 Å². The third kappa shape index (κ3) is 5.46. The quantitative estimate of drug-likeness (QED) is 0.525. The van der Waals surface area contributed by atoms with E-state index in [9.17, 15) is 4.39 Å². The number of nitrogens with one attached hydrogen (secondary N) is 2. The maximum atomic E-state index is 13.4. The lowest BCUT2D eigenvalue weighted by atomic mass is 10.1. The maximum Gasteiger partial charge on any atom is 0.191 e. The molecule has 2 rings (SSSR count). The molecule has 5 nitrogen and oxygen atoms in total. The fourth-order valence-corrected chi connectivity index (χ4v) is 2.54. The number of aliphatic hydroxyl groups is 1. The normalized spacial score (nSPS) is 11.3. The summed E-state index contributed by atoms with van der Waals surface area (Å²) in [6.45, 7) is 5.33. The van der Waals surface area contributed by atoms with Gasteiger partial charge >= 0.3 is 0 Å². The van der Waals surface area contributed by atoms with Gasteiger partial charge in [0.1, 0.15) is 11.6 Å². The molecule has 0 aliphatic heterocycles. The molecule has 3 N–H and O–H groups in total. The fraction of sp³-hybridized carbons (Fsp3) is 0.350. The minimum atomic E-state index is -0.401. The van der Waals surface area contributed by atoms with Gasteiger partial charge in [0.25, 0.3) is 0 Å². The molecule has 0 saturated heterocycles. The van der Waals surface area contributed by atoms with Crippen LogP contribution < -0.4 is 15.4 Å². The van der Waals surface area contributed by atoms with Gasteiger partial charge in [0.2, 0.25) is 0 Å². The Kier molecular flexibility index (Phi) is 7.41. The second-order valence-electron chi connectivity index (χ2n) is 5.91. The van der Waals surface area contributed by atoms with Gasteiger partial charge in [-0.15, -0.1) is 0 Å². The van der Waals surface area contributed by atoms with Crippen LogP contribution in [0.4, 0.5) is 4.39 Å². The topological polar surface area (TPSA) is 65.9 Å². The number of halogens is 1. The summed E-state index contributed by atoms with van der Waals surface area (Å²) >= 11 is 0. The molecule has 6 heteroatoms. The van der Waals surface area contributed by atoms with Crippen molar-refractivity contribution in [1.82, 2.24) is 10.6 Å². The molecule has 0 aliphatic carbocycles. The number of benzene rings is 2. The van der Waals surface area contributed by atoms with Crippen molar-refractivity contribution in [2.24, 2.45) is 4.99 Å². The third-order valence-electron chi connectivity index (χ3n) is 3.93. The minimum Gasteiger partial charge on any atom is -0.494 e. The molecule has 0 amide bonds. The van der Waals surface area contributed by atoms with Crippen molar-refractivity contribution in [3.8, 4) is 5.75 Å². The van der Waals surface area contributed by atoms with Gasteiger partial charge in [-0.05, 0) is 43.2 Å². The summed E-state index contributed by atoms with van der Waals surface area (Å²) < 4.78 is 19.1. The summed E-state index contributed by atoms with van der Waals surface area (Å²) in [6.07, 6.45) is 0. The Hall–Kier alpha value is -2.60. The van der Waals surface area contributed by atoms with E-state index in [0.717, 1.165) is 22.4 Å². The van der Waals surface area contributed by atoms with Crippen molar-refractivity contribution in [2.75, 3.05) is 13.7 Å². The van der Waals surface area contributed by atoms with Crippen LogP contribution in [0.5, 0.6) is 5.75 Å². The number of nitrogens with zero attached hydrogens (tertiary/aromatic N) is 1. The molecule has 0 atom stereocenters. The lowest BCUT2D eigenvalue weighted by molar-refractivity contribution is 0.275. The number of aliphatic hydroxyl groups excluding tert-OH is 1. The number of guanidine groups is 1. The molecule has 0 aliphatic rings. The van der Waals surface area contributed by atoms with Crippen LogP contribution in [0.3, 0.4) is 0 Å². The van der Waals surface area contributed by atoms with E-state index in [4.69, 9.17) is 9.84 Å². The highest BCUT2D eigenvalue weighted by Gasteiger charge is 2.07. The van der Waals surface area contributed by atoms with E-state index in [0.29, 0.717) is 25.7 Å². The van der Waals surface area contributed by atoms with Crippen LogP contribution in [0.15, 0.2) is 41.4 Å². The third-order valence-corrected chi connectivity index (χ3v) is 3.93. The summed E-state index contributed by atoms with van der Waals surface area (Å²) in [6, 6.07) is 10.8. The zero-order chi connectivity index (χ0) is 18.9. The molecule has 0 radical (unpaired) electrons. The van der Waals surface area contributed by atoms with Gasteiger partial charge in [-0.25, -0.2) is 4.39 Å². The van der Waals surface area contributed by atoms with Crippen LogP contribution in [-0.2, 0) is 19.7 Å². The lowest BCUT2D eigenvalue weighted by Gasteiger charge is -2.15. The highest BCUT2D eigenvalue weighted by Crippen LogP contribution is 2.20. The van der Waals surface area contributed by atoms with Gasteiger partial charge in [-0.1, -0.05) is 18.2 Å². The first-order valence-corrected chi connectivity index (χ1v) is 8.62. The number of aliphatic imine (C=N–C) groups is 1. The van der Waals surface area contributed by atoms with Crippen LogP contribution >= 0.6 is 0 Å². The SMILES string of the molecule is CCOc1cc(C)ccc1CNC(=NC)NCc1ccc(F)c(CO)c1. The van der Waals surface area contributed by atoms with E-state index < -0.39 is 5.82 Å². The minimum absolute atomic E-state index is 0.285. The zero-order valence-electron chi connectivity index (χ0n) is 15.5. The standard InChI is InChI=1S/C20H26FN3O2/c1-4-26-19-9-14(2)5-7-16(19)12-24-20(22-3)23-11-15-6-8-18(21)17(10-15)13-25/h5-10,25H,4,11-13H2,1-3H3,(H2,22,23,24). The molecule has 0 bridgehead atoms. The second-order valence-corrected chi connectivity index (χ2v) is 5.91. The summed E-state index contributed by atoms with van der Waals surface area (Å²) in [4.78, 5) is 4.20. The molecule has 2 aromatic carbocycles. The molecule has 0 spiro atoms. The molecule has 0 unspecified atom stereocenters. The van der Waals surface area contributed by atoms with Crippen LogP contribution in [0.1, 0.15) is 29.2 Å². The van der Waals surface area contributed by atoms with Crippen LogP contribution in [-0.4, -0.2) is 24.7 Å². The van der Waals surface area contributed by atoms with Crippen LogP contribution in [0, 0.1) is 12.7 Å². The molecule has 140 valence electrons. The molecule has 0 fully saturated rings. The Balaban J connectivity index is 1.96. The van der Waals surface area contributed by atoms with E-state index in [-0.39, 0.29) is 12.2 Å².